The van der Waals surface area contributed by atoms with Crippen molar-refractivity contribution >= 4 is 51.4 Å². The molecule has 0 atom stereocenters. The van der Waals surface area contributed by atoms with Crippen LogP contribution in [0.25, 0.3) is 0 Å². The van der Waals surface area contributed by atoms with Crippen molar-refractivity contribution in [3.63, 3.8) is 0 Å². The monoisotopic (exact) mass is 551 g/mol. The lowest BCUT2D eigenvalue weighted by atomic mass is 9.96. The van der Waals surface area contributed by atoms with Crippen LogP contribution in [0.3, 0.4) is 0 Å². The summed E-state index contributed by atoms with van der Waals surface area (Å²) in [5.41, 5.74) is 1.21. The summed E-state index contributed by atoms with van der Waals surface area (Å²) in [5.74, 6) is -0.451. The second kappa shape index (κ2) is 10.1. The minimum Gasteiger partial charge on any atom is -0.356 e. The number of nitrogens with one attached hydrogen (secondary N) is 2. The maximum absolute atomic E-state index is 13.7. The zero-order valence-electron chi connectivity index (χ0n) is 16.0. The molecule has 3 rings (SSSR count). The summed E-state index contributed by atoms with van der Waals surface area (Å²) < 4.78 is 38.4. The Morgan fingerprint density at radius 3 is 2.52 bits per heavy atom. The third kappa shape index (κ3) is 6.05. The smallest absolute Gasteiger partial charge is 0.191 e. The number of hydrogen-bond donors (Lipinski definition) is 2. The van der Waals surface area contributed by atoms with E-state index in [1.54, 1.807) is 7.05 Å². The van der Waals surface area contributed by atoms with E-state index in [2.05, 4.69) is 21.7 Å². The fourth-order valence-electron chi connectivity index (χ4n) is 3.12. The number of nitrogens with zero attached hydrogens (tertiary/aromatic N) is 1. The van der Waals surface area contributed by atoms with Crippen molar-refractivity contribution in [2.45, 2.75) is 23.2 Å². The van der Waals surface area contributed by atoms with Gasteiger partial charge in [-0.05, 0) is 42.7 Å². The minimum atomic E-state index is -3.71. The summed E-state index contributed by atoms with van der Waals surface area (Å²) in [4.78, 5) is 3.86. The van der Waals surface area contributed by atoms with Crippen LogP contribution in [0.5, 0.6) is 0 Å². The molecule has 2 aromatic rings. The lowest BCUT2D eigenvalue weighted by molar-refractivity contribution is 0.566. The first kappa shape index (κ1) is 23.9. The second-order valence-electron chi connectivity index (χ2n) is 6.89. The van der Waals surface area contributed by atoms with Crippen LogP contribution < -0.4 is 10.6 Å². The molecule has 9 heteroatoms. The Morgan fingerprint density at radius 2 is 1.90 bits per heavy atom. The Balaban J connectivity index is 0.00000300. The van der Waals surface area contributed by atoms with Crippen molar-refractivity contribution in [3.05, 3.63) is 64.9 Å². The molecule has 1 fully saturated rings. The summed E-state index contributed by atoms with van der Waals surface area (Å²) >= 11 is 6.10. The first-order valence-corrected chi connectivity index (χ1v) is 11.1. The second-order valence-corrected chi connectivity index (χ2v) is 9.41. The molecule has 0 aromatic heterocycles. The Hall–Kier alpha value is -1.39. The van der Waals surface area contributed by atoms with Crippen LogP contribution in [0.1, 0.15) is 18.4 Å². The quantitative estimate of drug-likeness (QED) is 0.312. The molecule has 0 aliphatic heterocycles. The first-order chi connectivity index (χ1) is 13.4. The molecule has 1 aliphatic carbocycles. The van der Waals surface area contributed by atoms with Crippen LogP contribution in [0.2, 0.25) is 5.02 Å². The van der Waals surface area contributed by atoms with Gasteiger partial charge in [-0.25, -0.2) is 12.8 Å². The Labute approximate surface area is 193 Å². The Morgan fingerprint density at radius 1 is 1.17 bits per heavy atom. The molecule has 0 heterocycles. The van der Waals surface area contributed by atoms with Gasteiger partial charge >= 0.3 is 0 Å². The molecule has 5 nitrogen and oxygen atoms in total. The van der Waals surface area contributed by atoms with Gasteiger partial charge in [0, 0.05) is 30.6 Å². The highest BCUT2D eigenvalue weighted by Gasteiger charge is 2.44. The van der Waals surface area contributed by atoms with E-state index in [0.29, 0.717) is 17.5 Å². The molecule has 0 radical (unpaired) electrons. The molecule has 29 heavy (non-hydrogen) atoms. The van der Waals surface area contributed by atoms with E-state index in [1.807, 2.05) is 18.2 Å². The SMILES string of the molecule is CN=C(NCCS(=O)(=O)c1ccccc1F)NCC1(c2cccc(Cl)c2)CC1.I. The maximum Gasteiger partial charge on any atom is 0.191 e. The van der Waals surface area contributed by atoms with Gasteiger partial charge in [-0.2, -0.15) is 0 Å². The molecular weight excluding hydrogens is 528 g/mol. The van der Waals surface area contributed by atoms with Gasteiger partial charge in [-0.1, -0.05) is 35.9 Å². The average Bonchev–Trinajstić information content (AvgIpc) is 3.46. The highest BCUT2D eigenvalue weighted by atomic mass is 127. The molecule has 1 aliphatic rings. The van der Waals surface area contributed by atoms with E-state index >= 15 is 0 Å². The number of benzene rings is 2. The molecular formula is C20H24ClFIN3O2S. The molecule has 158 valence electrons. The number of aliphatic imine (C=N–C) groups is 1. The first-order valence-electron chi connectivity index (χ1n) is 9.04. The predicted molar refractivity (Wildman–Crippen MR) is 126 cm³/mol. The summed E-state index contributed by atoms with van der Waals surface area (Å²) in [6.07, 6.45) is 2.11. The van der Waals surface area contributed by atoms with Crippen molar-refractivity contribution in [3.8, 4) is 0 Å². The van der Waals surface area contributed by atoms with Crippen LogP contribution in [0, 0.1) is 5.82 Å². The molecule has 0 saturated heterocycles. The molecule has 2 N–H and O–H groups in total. The minimum absolute atomic E-state index is 0. The van der Waals surface area contributed by atoms with E-state index in [0.717, 1.165) is 18.9 Å². The highest BCUT2D eigenvalue weighted by Crippen LogP contribution is 2.48. The average molecular weight is 552 g/mol. The highest BCUT2D eigenvalue weighted by molar-refractivity contribution is 14.0. The topological polar surface area (TPSA) is 70.6 Å². The largest absolute Gasteiger partial charge is 0.356 e. The van der Waals surface area contributed by atoms with Crippen molar-refractivity contribution in [2.24, 2.45) is 4.99 Å². The fraction of sp³-hybridized carbons (Fsp3) is 0.350. The number of rotatable bonds is 7. The molecule has 2 aromatic carbocycles. The van der Waals surface area contributed by atoms with Crippen LogP contribution in [-0.2, 0) is 15.3 Å². The van der Waals surface area contributed by atoms with Crippen molar-refractivity contribution in [1.29, 1.82) is 0 Å². The normalized spacial score (nSPS) is 15.3. The van der Waals surface area contributed by atoms with Crippen LogP contribution in [0.15, 0.2) is 58.4 Å². The molecule has 0 amide bonds. The number of guanidine groups is 1. The number of halogens is 3. The van der Waals surface area contributed by atoms with Gasteiger partial charge in [-0.15, -0.1) is 24.0 Å². The van der Waals surface area contributed by atoms with Gasteiger partial charge in [0.15, 0.2) is 15.8 Å². The van der Waals surface area contributed by atoms with Gasteiger partial charge in [0.25, 0.3) is 0 Å². The van der Waals surface area contributed by atoms with E-state index in [9.17, 15) is 12.8 Å². The van der Waals surface area contributed by atoms with Gasteiger partial charge in [0.1, 0.15) is 10.7 Å². The van der Waals surface area contributed by atoms with Crippen molar-refractivity contribution in [1.82, 2.24) is 10.6 Å². The van der Waals surface area contributed by atoms with Gasteiger partial charge in [-0.3, -0.25) is 4.99 Å². The number of hydrogen-bond acceptors (Lipinski definition) is 3. The fourth-order valence-corrected chi connectivity index (χ4v) is 4.55. The summed E-state index contributed by atoms with van der Waals surface area (Å²) in [6.45, 7) is 0.799. The van der Waals surface area contributed by atoms with Gasteiger partial charge in [0.05, 0.1) is 5.75 Å². The lowest BCUT2D eigenvalue weighted by Crippen LogP contribution is -2.42. The predicted octanol–water partition coefficient (Wildman–Crippen LogP) is 3.77. The Bertz CT molecular complexity index is 981. The standard InChI is InChI=1S/C20H23ClFN3O2S.HI/c1-23-19(24-11-12-28(26,27)18-8-3-2-7-17(18)22)25-14-20(9-10-20)15-5-4-6-16(21)13-15;/h2-8,13H,9-12,14H2,1H3,(H2,23,24,25);1H. The van der Waals surface area contributed by atoms with Crippen LogP contribution >= 0.6 is 35.6 Å². The zero-order chi connectivity index (χ0) is 20.2. The lowest BCUT2D eigenvalue weighted by Gasteiger charge is -2.19. The summed E-state index contributed by atoms with van der Waals surface area (Å²) in [7, 11) is -2.08. The molecule has 1 saturated carbocycles. The van der Waals surface area contributed by atoms with E-state index in [1.165, 1.54) is 23.8 Å². The van der Waals surface area contributed by atoms with Crippen LogP contribution in [0.4, 0.5) is 4.39 Å². The maximum atomic E-state index is 13.7. The summed E-state index contributed by atoms with van der Waals surface area (Å²) in [6, 6.07) is 13.2. The zero-order valence-corrected chi connectivity index (χ0v) is 19.9. The Kier molecular flexibility index (Phi) is 8.30. The molecule has 0 bridgehead atoms. The summed E-state index contributed by atoms with van der Waals surface area (Å²) in [5, 5.41) is 6.96. The van der Waals surface area contributed by atoms with E-state index < -0.39 is 15.7 Å². The van der Waals surface area contributed by atoms with Crippen molar-refractivity contribution in [2.75, 3.05) is 25.9 Å². The van der Waals surface area contributed by atoms with Gasteiger partial charge < -0.3 is 10.6 Å². The van der Waals surface area contributed by atoms with Crippen LogP contribution in [-0.4, -0.2) is 40.3 Å². The third-order valence-electron chi connectivity index (χ3n) is 4.94. The van der Waals surface area contributed by atoms with Crippen molar-refractivity contribution < 1.29 is 12.8 Å². The van der Waals surface area contributed by atoms with Gasteiger partial charge in [0.2, 0.25) is 0 Å². The molecule has 0 unspecified atom stereocenters. The number of sulfone groups is 1. The van der Waals surface area contributed by atoms with E-state index in [-0.39, 0.29) is 46.6 Å². The van der Waals surface area contributed by atoms with E-state index in [4.69, 9.17) is 11.6 Å². The molecule has 0 spiro atoms. The third-order valence-corrected chi connectivity index (χ3v) is 6.92.